The number of rotatable bonds is 5. The van der Waals surface area contributed by atoms with E-state index in [2.05, 4.69) is 19.1 Å². The lowest BCUT2D eigenvalue weighted by Crippen LogP contribution is -2.24. The lowest BCUT2D eigenvalue weighted by molar-refractivity contribution is 0.474. The summed E-state index contributed by atoms with van der Waals surface area (Å²) in [6.07, 6.45) is 1.90. The van der Waals surface area contributed by atoms with Crippen LogP contribution in [0.25, 0.3) is 0 Å². The maximum Gasteiger partial charge on any atom is 0.140 e. The van der Waals surface area contributed by atoms with Crippen molar-refractivity contribution in [2.75, 3.05) is 4.42 Å². The number of hydrogen-bond donors (Lipinski definition) is 1. The first-order valence-corrected chi connectivity index (χ1v) is 6.79. The van der Waals surface area contributed by atoms with Crippen molar-refractivity contribution >= 4 is 17.5 Å². The number of aryl methyl sites for hydroxylation is 1. The number of nitrogens with zero attached hydrogens (tertiary/aromatic N) is 1. The summed E-state index contributed by atoms with van der Waals surface area (Å²) in [6.45, 7) is 2.06. The topological polar surface area (TPSA) is 23.5 Å². The van der Waals surface area contributed by atoms with Crippen LogP contribution in [0.15, 0.2) is 54.6 Å². The second kappa shape index (κ2) is 6.48. The van der Waals surface area contributed by atoms with Gasteiger partial charge in [0.2, 0.25) is 0 Å². The van der Waals surface area contributed by atoms with Gasteiger partial charge in [0.1, 0.15) is 5.75 Å². The van der Waals surface area contributed by atoms with E-state index >= 15 is 0 Å². The molecule has 19 heavy (non-hydrogen) atoms. The molecule has 0 bridgehead atoms. The highest BCUT2D eigenvalue weighted by Gasteiger charge is 2.15. The number of aromatic hydroxyl groups is 1. The van der Waals surface area contributed by atoms with Gasteiger partial charge in [-0.15, -0.1) is 0 Å². The van der Waals surface area contributed by atoms with Gasteiger partial charge < -0.3 is 5.11 Å². The lowest BCUT2D eigenvalue weighted by Gasteiger charge is -2.24. The van der Waals surface area contributed by atoms with Gasteiger partial charge in [-0.25, -0.2) is 0 Å². The highest BCUT2D eigenvalue weighted by molar-refractivity contribution is 6.26. The fourth-order valence-corrected chi connectivity index (χ4v) is 2.26. The van der Waals surface area contributed by atoms with E-state index in [-0.39, 0.29) is 11.8 Å². The molecule has 0 aliphatic rings. The summed E-state index contributed by atoms with van der Waals surface area (Å²) in [4.78, 5) is 0. The van der Waals surface area contributed by atoms with E-state index in [1.54, 1.807) is 16.6 Å². The Balaban J connectivity index is 1.96. The minimum absolute atomic E-state index is 0.148. The van der Waals surface area contributed by atoms with Crippen molar-refractivity contribution in [3.63, 3.8) is 0 Å². The molecule has 0 radical (unpaired) electrons. The van der Waals surface area contributed by atoms with Crippen LogP contribution >= 0.6 is 11.8 Å². The van der Waals surface area contributed by atoms with E-state index < -0.39 is 0 Å². The van der Waals surface area contributed by atoms with Crippen LogP contribution in [-0.4, -0.2) is 11.1 Å². The highest BCUT2D eigenvalue weighted by Crippen LogP contribution is 2.30. The van der Waals surface area contributed by atoms with Crippen LogP contribution in [-0.2, 0) is 6.42 Å². The van der Waals surface area contributed by atoms with E-state index in [0.717, 1.165) is 12.8 Å². The van der Waals surface area contributed by atoms with Crippen LogP contribution < -0.4 is 4.42 Å². The standard InChI is InChI=1S/C16H18ClNO/c1-13(11-12-14-7-3-2-4-8-14)18(17)15-9-5-6-10-16(15)19/h2-10,13,19H,11-12H2,1H3. The third-order valence-corrected chi connectivity index (χ3v) is 3.71. The summed E-state index contributed by atoms with van der Waals surface area (Å²) in [5.41, 5.74) is 1.96. The quantitative estimate of drug-likeness (QED) is 0.819. The normalized spacial score (nSPS) is 12.1. The van der Waals surface area contributed by atoms with Gasteiger partial charge in [0, 0.05) is 17.8 Å². The molecule has 0 heterocycles. The largest absolute Gasteiger partial charge is 0.506 e. The molecule has 100 valence electrons. The fraction of sp³-hybridized carbons (Fsp3) is 0.250. The van der Waals surface area contributed by atoms with Crippen LogP contribution in [0.3, 0.4) is 0 Å². The Labute approximate surface area is 119 Å². The monoisotopic (exact) mass is 275 g/mol. The Morgan fingerprint density at radius 1 is 1.05 bits per heavy atom. The maximum atomic E-state index is 9.79. The Hall–Kier alpha value is -1.67. The van der Waals surface area contributed by atoms with Crippen LogP contribution in [0, 0.1) is 0 Å². The Morgan fingerprint density at radius 3 is 2.37 bits per heavy atom. The first-order chi connectivity index (χ1) is 9.18. The predicted octanol–water partition coefficient (Wildman–Crippen LogP) is 4.37. The Morgan fingerprint density at radius 2 is 1.68 bits per heavy atom. The minimum Gasteiger partial charge on any atom is -0.506 e. The van der Waals surface area contributed by atoms with Gasteiger partial charge in [-0.1, -0.05) is 42.5 Å². The molecule has 2 aromatic carbocycles. The minimum atomic E-state index is 0.148. The number of benzene rings is 2. The van der Waals surface area contributed by atoms with Crippen LogP contribution in [0.2, 0.25) is 0 Å². The molecule has 1 unspecified atom stereocenters. The van der Waals surface area contributed by atoms with E-state index in [1.165, 1.54) is 5.56 Å². The SMILES string of the molecule is CC(CCc1ccccc1)N(Cl)c1ccccc1O. The molecule has 0 aliphatic carbocycles. The molecular weight excluding hydrogens is 258 g/mol. The third kappa shape index (κ3) is 3.65. The third-order valence-electron chi connectivity index (χ3n) is 3.19. The van der Waals surface area contributed by atoms with E-state index in [1.807, 2.05) is 30.3 Å². The maximum absolute atomic E-state index is 9.79. The Kier molecular flexibility index (Phi) is 4.69. The zero-order valence-corrected chi connectivity index (χ0v) is 11.7. The number of hydrogen-bond acceptors (Lipinski definition) is 2. The van der Waals surface area contributed by atoms with Gasteiger partial charge in [0.05, 0.1) is 5.69 Å². The van der Waals surface area contributed by atoms with Gasteiger partial charge in [-0.2, -0.15) is 0 Å². The van der Waals surface area contributed by atoms with Gasteiger partial charge in [0.15, 0.2) is 0 Å². The first-order valence-electron chi connectivity index (χ1n) is 6.45. The molecule has 0 saturated heterocycles. The number of phenolic OH excluding ortho intramolecular Hbond substituents is 1. The molecule has 0 spiro atoms. The second-order valence-corrected chi connectivity index (χ2v) is 5.04. The summed E-state index contributed by atoms with van der Waals surface area (Å²) >= 11 is 6.30. The second-order valence-electron chi connectivity index (χ2n) is 4.67. The molecule has 0 aromatic heterocycles. The number of halogens is 1. The van der Waals surface area contributed by atoms with Crippen LogP contribution in [0.1, 0.15) is 18.9 Å². The first kappa shape index (κ1) is 13.8. The van der Waals surface area contributed by atoms with Crippen molar-refractivity contribution in [1.29, 1.82) is 0 Å². The molecule has 0 saturated carbocycles. The number of phenols is 1. The summed E-state index contributed by atoms with van der Waals surface area (Å²) in [5, 5.41) is 9.79. The van der Waals surface area contributed by atoms with Crippen LogP contribution in [0.4, 0.5) is 5.69 Å². The van der Waals surface area contributed by atoms with Gasteiger partial charge in [-0.05, 0) is 37.5 Å². The zero-order valence-electron chi connectivity index (χ0n) is 11.0. The highest BCUT2D eigenvalue weighted by atomic mass is 35.5. The lowest BCUT2D eigenvalue weighted by atomic mass is 10.1. The molecule has 2 nitrogen and oxygen atoms in total. The molecule has 3 heteroatoms. The summed E-state index contributed by atoms with van der Waals surface area (Å²) in [5.74, 6) is 0.212. The average molecular weight is 276 g/mol. The van der Waals surface area contributed by atoms with Crippen molar-refractivity contribution in [2.45, 2.75) is 25.8 Å². The molecule has 2 aromatic rings. The van der Waals surface area contributed by atoms with Crippen molar-refractivity contribution < 1.29 is 5.11 Å². The molecule has 2 rings (SSSR count). The fourth-order valence-electron chi connectivity index (χ4n) is 2.02. The molecule has 1 N–H and O–H groups in total. The zero-order chi connectivity index (χ0) is 13.7. The number of anilines is 1. The van der Waals surface area contributed by atoms with Crippen molar-refractivity contribution in [1.82, 2.24) is 0 Å². The van der Waals surface area contributed by atoms with E-state index in [0.29, 0.717) is 5.69 Å². The van der Waals surface area contributed by atoms with Crippen LogP contribution in [0.5, 0.6) is 5.75 Å². The summed E-state index contributed by atoms with van der Waals surface area (Å²) in [7, 11) is 0. The van der Waals surface area contributed by atoms with Crippen molar-refractivity contribution in [3.8, 4) is 5.75 Å². The predicted molar refractivity (Wildman–Crippen MR) is 80.7 cm³/mol. The summed E-state index contributed by atoms with van der Waals surface area (Å²) in [6, 6.07) is 17.6. The molecule has 1 atom stereocenters. The van der Waals surface area contributed by atoms with Gasteiger partial charge in [-0.3, -0.25) is 4.42 Å². The van der Waals surface area contributed by atoms with Gasteiger partial charge in [0.25, 0.3) is 0 Å². The Bertz CT molecular complexity index is 515. The van der Waals surface area contributed by atoms with E-state index in [9.17, 15) is 5.11 Å². The number of para-hydroxylation sites is 2. The van der Waals surface area contributed by atoms with Crippen molar-refractivity contribution in [2.24, 2.45) is 0 Å². The van der Waals surface area contributed by atoms with Gasteiger partial charge >= 0.3 is 0 Å². The molecule has 0 fully saturated rings. The summed E-state index contributed by atoms with van der Waals surface area (Å²) < 4.78 is 1.61. The van der Waals surface area contributed by atoms with Crippen molar-refractivity contribution in [3.05, 3.63) is 60.2 Å². The average Bonchev–Trinajstić information content (AvgIpc) is 2.45. The molecular formula is C16H18ClNO. The van der Waals surface area contributed by atoms with E-state index in [4.69, 9.17) is 11.8 Å². The molecule has 0 aliphatic heterocycles. The molecule has 0 amide bonds. The smallest absolute Gasteiger partial charge is 0.140 e.